The van der Waals surface area contributed by atoms with Crippen LogP contribution in [-0.2, 0) is 11.3 Å². The van der Waals surface area contributed by atoms with E-state index in [4.69, 9.17) is 0 Å². The van der Waals surface area contributed by atoms with Gasteiger partial charge in [0.2, 0.25) is 5.82 Å². The van der Waals surface area contributed by atoms with Crippen LogP contribution in [0.1, 0.15) is 43.7 Å². The summed E-state index contributed by atoms with van der Waals surface area (Å²) in [5.74, 6) is -1.59. The number of H-pyrrole nitrogens is 1. The van der Waals surface area contributed by atoms with Crippen molar-refractivity contribution in [2.24, 2.45) is 0 Å². The van der Waals surface area contributed by atoms with Gasteiger partial charge in [-0.15, -0.1) is 10.2 Å². The topological polar surface area (TPSA) is 168 Å². The Bertz CT molecular complexity index is 1490. The molecule has 0 aliphatic carbocycles. The third-order valence-electron chi connectivity index (χ3n) is 5.57. The van der Waals surface area contributed by atoms with Crippen molar-refractivity contribution in [2.45, 2.75) is 19.5 Å². The molecule has 1 aliphatic rings. The van der Waals surface area contributed by atoms with Crippen LogP contribution in [0, 0.1) is 12.7 Å². The van der Waals surface area contributed by atoms with E-state index < -0.39 is 23.8 Å². The maximum atomic E-state index is 13.4. The monoisotopic (exact) mass is 487 g/mol. The number of tetrazole rings is 1. The van der Waals surface area contributed by atoms with Gasteiger partial charge in [0, 0.05) is 29.4 Å². The number of carbonyl (C=O) groups is 3. The average Bonchev–Trinajstić information content (AvgIpc) is 3.52. The molecule has 0 bridgehead atoms. The summed E-state index contributed by atoms with van der Waals surface area (Å²) in [5, 5.41) is 21.7. The van der Waals surface area contributed by atoms with Crippen LogP contribution in [0.3, 0.4) is 0 Å². The molecular formula is C23H18FN9O3. The smallest absolute Gasteiger partial charge is 0.270 e. The van der Waals surface area contributed by atoms with Gasteiger partial charge in [0.25, 0.3) is 17.7 Å². The highest BCUT2D eigenvalue weighted by atomic mass is 19.1. The summed E-state index contributed by atoms with van der Waals surface area (Å²) in [6.07, 6.45) is 1.09. The van der Waals surface area contributed by atoms with Gasteiger partial charge in [-0.1, -0.05) is 24.3 Å². The molecule has 2 aromatic carbocycles. The molecule has 0 saturated carbocycles. The second-order valence-corrected chi connectivity index (χ2v) is 7.99. The molecule has 0 unspecified atom stereocenters. The highest BCUT2D eigenvalue weighted by Gasteiger charge is 2.33. The Morgan fingerprint density at radius 3 is 2.61 bits per heavy atom. The van der Waals surface area contributed by atoms with Crippen LogP contribution in [0.15, 0.2) is 48.8 Å². The number of aromatic nitrogens is 6. The molecule has 13 heteroatoms. The highest BCUT2D eigenvalue weighted by molar-refractivity contribution is 6.06. The van der Waals surface area contributed by atoms with Crippen molar-refractivity contribution in [3.63, 3.8) is 0 Å². The molecule has 1 atom stereocenters. The summed E-state index contributed by atoms with van der Waals surface area (Å²) in [6, 6.07) is 9.86. The van der Waals surface area contributed by atoms with Crippen LogP contribution in [0.5, 0.6) is 0 Å². The fourth-order valence-electron chi connectivity index (χ4n) is 3.73. The predicted octanol–water partition coefficient (Wildman–Crippen LogP) is 1.46. The second kappa shape index (κ2) is 9.29. The Morgan fingerprint density at radius 1 is 1.06 bits per heavy atom. The third kappa shape index (κ3) is 4.49. The summed E-state index contributed by atoms with van der Waals surface area (Å²) in [7, 11) is 0. The van der Waals surface area contributed by atoms with Gasteiger partial charge < -0.3 is 16.0 Å². The standard InChI is InChI=1S/C23H18FN9O3/c1-11-6-12(2-5-15(11)24)9-25-21(34)17-8-18(27-10-26-17)22(35)29-19-14-4-3-13(20-30-32-33-31-20)7-16(14)28-23(19)36/h2-8,10,19H,9H2,1H3,(H,25,34)(H,28,36)(H,29,35)(H,30,31,32,33)/t19-/m1/s1. The number of amides is 3. The molecule has 2 aromatic heterocycles. The molecule has 3 heterocycles. The number of hydrogen-bond acceptors (Lipinski definition) is 8. The van der Waals surface area contributed by atoms with Crippen LogP contribution in [-0.4, -0.2) is 48.3 Å². The largest absolute Gasteiger partial charge is 0.347 e. The number of benzene rings is 2. The quantitative estimate of drug-likeness (QED) is 0.317. The Morgan fingerprint density at radius 2 is 1.86 bits per heavy atom. The number of halogens is 1. The van der Waals surface area contributed by atoms with E-state index >= 15 is 0 Å². The molecule has 3 amide bonds. The first-order valence-electron chi connectivity index (χ1n) is 10.7. The molecule has 36 heavy (non-hydrogen) atoms. The normalized spacial score (nSPS) is 14.2. The molecule has 0 fully saturated rings. The lowest BCUT2D eigenvalue weighted by atomic mass is 10.0. The maximum Gasteiger partial charge on any atom is 0.270 e. The highest BCUT2D eigenvalue weighted by Crippen LogP contribution is 2.33. The first kappa shape index (κ1) is 22.7. The van der Waals surface area contributed by atoms with Crippen molar-refractivity contribution in [3.05, 3.63) is 82.7 Å². The Balaban J connectivity index is 1.27. The van der Waals surface area contributed by atoms with E-state index in [1.54, 1.807) is 37.3 Å². The zero-order chi connectivity index (χ0) is 25.2. The van der Waals surface area contributed by atoms with Crippen molar-refractivity contribution in [1.29, 1.82) is 0 Å². The molecule has 0 spiro atoms. The number of aromatic amines is 1. The number of fused-ring (bicyclic) bond motifs is 1. The molecule has 1 aliphatic heterocycles. The first-order valence-corrected chi connectivity index (χ1v) is 10.7. The van der Waals surface area contributed by atoms with E-state index in [1.807, 2.05) is 0 Å². The molecular weight excluding hydrogens is 469 g/mol. The van der Waals surface area contributed by atoms with Crippen LogP contribution < -0.4 is 16.0 Å². The first-order chi connectivity index (χ1) is 17.4. The summed E-state index contributed by atoms with van der Waals surface area (Å²) in [6.45, 7) is 1.78. The van der Waals surface area contributed by atoms with E-state index in [0.717, 1.165) is 6.33 Å². The van der Waals surface area contributed by atoms with E-state index in [2.05, 4.69) is 46.5 Å². The van der Waals surface area contributed by atoms with E-state index in [1.165, 1.54) is 12.1 Å². The fourth-order valence-corrected chi connectivity index (χ4v) is 3.73. The zero-order valence-corrected chi connectivity index (χ0v) is 18.7. The second-order valence-electron chi connectivity index (χ2n) is 7.99. The number of rotatable bonds is 6. The summed E-state index contributed by atoms with van der Waals surface area (Å²) >= 11 is 0. The Hall–Kier alpha value is -5.07. The molecule has 5 rings (SSSR count). The van der Waals surface area contributed by atoms with Gasteiger partial charge in [-0.3, -0.25) is 14.4 Å². The maximum absolute atomic E-state index is 13.4. The molecule has 0 radical (unpaired) electrons. The Kier molecular flexibility index (Phi) is 5.86. The lowest BCUT2D eigenvalue weighted by molar-refractivity contribution is -0.117. The fraction of sp³-hybridized carbons (Fsp3) is 0.130. The lowest BCUT2D eigenvalue weighted by Crippen LogP contribution is -2.33. The van der Waals surface area contributed by atoms with Crippen molar-refractivity contribution in [2.75, 3.05) is 5.32 Å². The average molecular weight is 487 g/mol. The predicted molar refractivity (Wildman–Crippen MR) is 123 cm³/mol. The minimum absolute atomic E-state index is 0.0324. The number of nitrogens with one attached hydrogen (secondary N) is 4. The molecule has 0 saturated heterocycles. The molecule has 4 N–H and O–H groups in total. The number of aryl methyl sites for hydroxylation is 1. The van der Waals surface area contributed by atoms with Crippen molar-refractivity contribution in [1.82, 2.24) is 41.2 Å². The van der Waals surface area contributed by atoms with Crippen LogP contribution in [0.2, 0.25) is 0 Å². The number of anilines is 1. The van der Waals surface area contributed by atoms with Gasteiger partial charge in [-0.05, 0) is 35.4 Å². The van der Waals surface area contributed by atoms with E-state index in [9.17, 15) is 18.8 Å². The summed E-state index contributed by atoms with van der Waals surface area (Å²) in [5.41, 5.74) is 2.76. The number of hydrogen-bond donors (Lipinski definition) is 4. The lowest BCUT2D eigenvalue weighted by Gasteiger charge is -2.12. The van der Waals surface area contributed by atoms with Gasteiger partial charge in [0.1, 0.15) is 29.6 Å². The minimum atomic E-state index is -0.958. The van der Waals surface area contributed by atoms with Crippen molar-refractivity contribution < 1.29 is 18.8 Å². The Labute approximate surface area is 202 Å². The zero-order valence-electron chi connectivity index (χ0n) is 18.7. The van der Waals surface area contributed by atoms with Crippen LogP contribution >= 0.6 is 0 Å². The minimum Gasteiger partial charge on any atom is -0.347 e. The molecule has 12 nitrogen and oxygen atoms in total. The summed E-state index contributed by atoms with van der Waals surface area (Å²) in [4.78, 5) is 45.8. The van der Waals surface area contributed by atoms with Gasteiger partial charge in [-0.25, -0.2) is 14.4 Å². The van der Waals surface area contributed by atoms with Gasteiger partial charge in [-0.2, -0.15) is 5.21 Å². The number of nitrogens with zero attached hydrogens (tertiary/aromatic N) is 5. The van der Waals surface area contributed by atoms with E-state index in [0.29, 0.717) is 33.8 Å². The van der Waals surface area contributed by atoms with Gasteiger partial charge >= 0.3 is 0 Å². The van der Waals surface area contributed by atoms with Crippen molar-refractivity contribution in [3.8, 4) is 11.4 Å². The van der Waals surface area contributed by atoms with E-state index in [-0.39, 0.29) is 23.7 Å². The van der Waals surface area contributed by atoms with Crippen LogP contribution in [0.4, 0.5) is 10.1 Å². The molecule has 4 aromatic rings. The van der Waals surface area contributed by atoms with Crippen molar-refractivity contribution >= 4 is 23.4 Å². The third-order valence-corrected chi connectivity index (χ3v) is 5.57. The van der Waals surface area contributed by atoms with Crippen LogP contribution in [0.25, 0.3) is 11.4 Å². The van der Waals surface area contributed by atoms with Gasteiger partial charge in [0.05, 0.1) is 0 Å². The number of carbonyl (C=O) groups excluding carboxylic acids is 3. The SMILES string of the molecule is Cc1cc(CNC(=O)c2cc(C(=O)N[C@H]3C(=O)Nc4cc(-c5nn[nH]n5)ccc43)ncn2)ccc1F. The molecule has 180 valence electrons. The summed E-state index contributed by atoms with van der Waals surface area (Å²) < 4.78 is 13.4. The van der Waals surface area contributed by atoms with Gasteiger partial charge in [0.15, 0.2) is 0 Å².